The van der Waals surface area contributed by atoms with Gasteiger partial charge < -0.3 is 19.4 Å². The van der Waals surface area contributed by atoms with Crippen LogP contribution in [0.25, 0.3) is 16.9 Å². The molecule has 0 aliphatic rings. The third kappa shape index (κ3) is 3.23. The minimum Gasteiger partial charge on any atom is -0.543 e. The number of rotatable bonds is 4. The van der Waals surface area contributed by atoms with Crippen molar-refractivity contribution in [3.8, 4) is 22.8 Å². The second kappa shape index (κ2) is 6.62. The number of carbonyl (C=O) groups is 1. The van der Waals surface area contributed by atoms with Crippen LogP contribution >= 0.6 is 11.6 Å². The Labute approximate surface area is 154 Å². The van der Waals surface area contributed by atoms with Crippen LogP contribution in [0.2, 0.25) is 5.02 Å². The van der Waals surface area contributed by atoms with Gasteiger partial charge in [0.05, 0.1) is 25.9 Å². The number of hydrogen-bond acceptors (Lipinski definition) is 6. The Morgan fingerprint density at radius 1 is 1.19 bits per heavy atom. The van der Waals surface area contributed by atoms with E-state index in [1.54, 1.807) is 0 Å². The number of benzene rings is 1. The van der Waals surface area contributed by atoms with E-state index in [2.05, 4.69) is 10.1 Å². The first kappa shape index (κ1) is 18.8. The molecule has 0 saturated heterocycles. The van der Waals surface area contributed by atoms with E-state index in [4.69, 9.17) is 21.1 Å². The molecule has 2 aromatic heterocycles. The summed E-state index contributed by atoms with van der Waals surface area (Å²) >= 11 is 5.86. The topological polar surface area (TPSA) is 88.8 Å². The van der Waals surface area contributed by atoms with Crippen molar-refractivity contribution in [3.63, 3.8) is 0 Å². The first-order chi connectivity index (χ1) is 12.7. The van der Waals surface area contributed by atoms with Crippen molar-refractivity contribution >= 4 is 23.2 Å². The number of halogens is 4. The minimum absolute atomic E-state index is 0.109. The lowest BCUT2D eigenvalue weighted by Crippen LogP contribution is -2.23. The van der Waals surface area contributed by atoms with Gasteiger partial charge in [0.25, 0.3) is 0 Å². The summed E-state index contributed by atoms with van der Waals surface area (Å²) in [5.74, 6) is -1.16. The van der Waals surface area contributed by atoms with Gasteiger partial charge in [0.1, 0.15) is 10.7 Å². The molecule has 0 amide bonds. The molecule has 3 rings (SSSR count). The van der Waals surface area contributed by atoms with Crippen LogP contribution in [0.5, 0.6) is 11.5 Å². The Hall–Kier alpha value is -3.01. The molecule has 0 unspecified atom stereocenters. The van der Waals surface area contributed by atoms with E-state index in [0.717, 1.165) is 6.07 Å². The third-order valence-corrected chi connectivity index (χ3v) is 4.04. The van der Waals surface area contributed by atoms with E-state index in [-0.39, 0.29) is 17.0 Å². The fourth-order valence-corrected chi connectivity index (χ4v) is 2.70. The van der Waals surface area contributed by atoms with Crippen LogP contribution in [0.3, 0.4) is 0 Å². The molecule has 0 aliphatic heterocycles. The van der Waals surface area contributed by atoms with Gasteiger partial charge in [-0.3, -0.25) is 0 Å². The fraction of sp³-hybridized carbons (Fsp3) is 0.188. The molecule has 0 fully saturated rings. The van der Waals surface area contributed by atoms with Crippen molar-refractivity contribution in [2.75, 3.05) is 14.2 Å². The van der Waals surface area contributed by atoms with E-state index in [0.29, 0.717) is 10.3 Å². The van der Waals surface area contributed by atoms with Crippen LogP contribution in [0.4, 0.5) is 13.2 Å². The van der Waals surface area contributed by atoms with Crippen molar-refractivity contribution in [2.45, 2.75) is 6.18 Å². The largest absolute Gasteiger partial charge is 0.543 e. The standard InChI is InChI=1S/C16H11ClF3N3O4/c1-26-9-4-3-7(5-10(9)27-2)8-6-11(16(18,19)20)23-14(21-8)12(17)13(22-23)15(24)25/h3-6H,1-2H3,(H,24,25)/p-1. The highest BCUT2D eigenvalue weighted by molar-refractivity contribution is 6.36. The molecule has 0 aliphatic carbocycles. The van der Waals surface area contributed by atoms with Crippen LogP contribution in [-0.2, 0) is 6.18 Å². The van der Waals surface area contributed by atoms with E-state index < -0.39 is 34.2 Å². The average molecular weight is 401 g/mol. The molecule has 3 aromatic rings. The van der Waals surface area contributed by atoms with Crippen LogP contribution in [0.15, 0.2) is 24.3 Å². The van der Waals surface area contributed by atoms with Gasteiger partial charge in [0.2, 0.25) is 0 Å². The highest BCUT2D eigenvalue weighted by atomic mass is 35.5. The lowest BCUT2D eigenvalue weighted by atomic mass is 10.1. The number of carboxylic acids is 1. The normalized spacial score (nSPS) is 11.6. The Morgan fingerprint density at radius 3 is 2.41 bits per heavy atom. The van der Waals surface area contributed by atoms with E-state index >= 15 is 0 Å². The number of fused-ring (bicyclic) bond motifs is 1. The zero-order valence-corrected chi connectivity index (χ0v) is 14.6. The number of aromatic nitrogens is 3. The van der Waals surface area contributed by atoms with E-state index in [1.165, 1.54) is 32.4 Å². The Balaban J connectivity index is 2.32. The molecule has 7 nitrogen and oxygen atoms in total. The van der Waals surface area contributed by atoms with Crippen LogP contribution in [0.1, 0.15) is 16.2 Å². The molecule has 0 N–H and O–H groups in total. The Kier molecular flexibility index (Phi) is 4.60. The summed E-state index contributed by atoms with van der Waals surface area (Å²) in [7, 11) is 2.79. The average Bonchev–Trinajstić information content (AvgIpc) is 2.96. The molecular weight excluding hydrogens is 391 g/mol. The van der Waals surface area contributed by atoms with Crippen molar-refractivity contribution in [3.05, 3.63) is 40.7 Å². The predicted octanol–water partition coefficient (Wildman–Crippen LogP) is 2.45. The fourth-order valence-electron chi connectivity index (χ4n) is 2.47. The lowest BCUT2D eigenvalue weighted by Gasteiger charge is -2.12. The summed E-state index contributed by atoms with van der Waals surface area (Å²) in [6, 6.07) is 5.14. The summed E-state index contributed by atoms with van der Waals surface area (Å²) in [6.07, 6.45) is -4.84. The predicted molar refractivity (Wildman–Crippen MR) is 85.9 cm³/mol. The first-order valence-corrected chi connectivity index (χ1v) is 7.65. The lowest BCUT2D eigenvalue weighted by molar-refractivity contribution is -0.255. The second-order valence-electron chi connectivity index (χ2n) is 5.28. The number of methoxy groups -OCH3 is 2. The summed E-state index contributed by atoms with van der Waals surface area (Å²) in [6.45, 7) is 0. The maximum Gasteiger partial charge on any atom is 0.433 e. The van der Waals surface area contributed by atoms with Gasteiger partial charge in [-0.1, -0.05) is 11.6 Å². The quantitative estimate of drug-likeness (QED) is 0.668. The zero-order chi connectivity index (χ0) is 19.9. The number of hydrogen-bond donors (Lipinski definition) is 0. The summed E-state index contributed by atoms with van der Waals surface area (Å²) in [4.78, 5) is 15.1. The Morgan fingerprint density at radius 2 is 1.85 bits per heavy atom. The van der Waals surface area contributed by atoms with Crippen LogP contribution < -0.4 is 14.6 Å². The van der Waals surface area contributed by atoms with Crippen molar-refractivity contribution < 1.29 is 32.5 Å². The van der Waals surface area contributed by atoms with Crippen LogP contribution in [0, 0.1) is 0 Å². The molecule has 0 radical (unpaired) electrons. The molecule has 11 heteroatoms. The number of nitrogens with zero attached hydrogens (tertiary/aromatic N) is 3. The highest BCUT2D eigenvalue weighted by Crippen LogP contribution is 2.36. The first-order valence-electron chi connectivity index (χ1n) is 7.27. The summed E-state index contributed by atoms with van der Waals surface area (Å²) in [5, 5.41) is 13.9. The molecular formula is C16H10ClF3N3O4-. The third-order valence-electron chi connectivity index (χ3n) is 3.70. The van der Waals surface area contributed by atoms with Crippen molar-refractivity contribution in [1.29, 1.82) is 0 Å². The number of carboxylic acid groups (broad SMARTS) is 1. The molecule has 0 atom stereocenters. The molecule has 0 saturated carbocycles. The molecule has 2 heterocycles. The van der Waals surface area contributed by atoms with Crippen LogP contribution in [-0.4, -0.2) is 34.8 Å². The maximum atomic E-state index is 13.5. The molecule has 0 spiro atoms. The monoisotopic (exact) mass is 400 g/mol. The van der Waals surface area contributed by atoms with Gasteiger partial charge in [-0.15, -0.1) is 0 Å². The summed E-state index contributed by atoms with van der Waals surface area (Å²) < 4.78 is 51.0. The number of carbonyl (C=O) groups excluding carboxylic acids is 1. The van der Waals surface area contributed by atoms with Crippen molar-refractivity contribution in [1.82, 2.24) is 14.6 Å². The van der Waals surface area contributed by atoms with Gasteiger partial charge in [0.15, 0.2) is 22.8 Å². The molecule has 27 heavy (non-hydrogen) atoms. The Bertz CT molecular complexity index is 1050. The zero-order valence-electron chi connectivity index (χ0n) is 13.8. The molecule has 0 bridgehead atoms. The number of aromatic carboxylic acids is 1. The SMILES string of the molecule is COc1ccc(-c2cc(C(F)(F)F)n3nc(C(=O)[O-])c(Cl)c3n2)cc1OC. The van der Waals surface area contributed by atoms with Crippen molar-refractivity contribution in [2.24, 2.45) is 0 Å². The van der Waals surface area contributed by atoms with Gasteiger partial charge in [-0.25, -0.2) is 9.50 Å². The van der Waals surface area contributed by atoms with Gasteiger partial charge >= 0.3 is 6.18 Å². The van der Waals surface area contributed by atoms with Gasteiger partial charge in [-0.05, 0) is 24.3 Å². The maximum absolute atomic E-state index is 13.5. The molecule has 142 valence electrons. The van der Waals surface area contributed by atoms with Gasteiger partial charge in [0, 0.05) is 5.56 Å². The van der Waals surface area contributed by atoms with E-state index in [9.17, 15) is 23.1 Å². The minimum atomic E-state index is -4.84. The molecule has 1 aromatic carbocycles. The number of alkyl halides is 3. The second-order valence-corrected chi connectivity index (χ2v) is 5.66. The highest BCUT2D eigenvalue weighted by Gasteiger charge is 2.36. The summed E-state index contributed by atoms with van der Waals surface area (Å²) in [5.41, 5.74) is -2.38. The van der Waals surface area contributed by atoms with E-state index in [1.807, 2.05) is 0 Å². The smallest absolute Gasteiger partial charge is 0.433 e. The number of ether oxygens (including phenoxy) is 2. The van der Waals surface area contributed by atoms with Gasteiger partial charge in [-0.2, -0.15) is 18.3 Å².